The smallest absolute Gasteiger partial charge is 0.323 e. The molecule has 1 aliphatic heterocycles. The summed E-state index contributed by atoms with van der Waals surface area (Å²) >= 11 is 1.42. The number of aromatic nitrogens is 1. The number of aryl methyl sites for hydroxylation is 1. The molecule has 2 N–H and O–H groups in total. The maximum atomic E-state index is 11.7. The molecule has 0 spiro atoms. The van der Waals surface area contributed by atoms with E-state index in [1.54, 1.807) is 11.1 Å². The van der Waals surface area contributed by atoms with Crippen LogP contribution in [0, 0.1) is 12.8 Å². The predicted molar refractivity (Wildman–Crippen MR) is 63.2 cm³/mol. The van der Waals surface area contributed by atoms with Crippen molar-refractivity contribution in [2.45, 2.75) is 13.3 Å². The first kappa shape index (κ1) is 11.8. The van der Waals surface area contributed by atoms with Crippen LogP contribution in [0.15, 0.2) is 6.20 Å². The molecule has 0 bridgehead atoms. The van der Waals surface area contributed by atoms with Gasteiger partial charge in [0.25, 0.3) is 0 Å². The van der Waals surface area contributed by atoms with Crippen molar-refractivity contribution >= 4 is 28.5 Å². The predicted octanol–water partition coefficient (Wildman–Crippen LogP) is 1.39. The highest BCUT2D eigenvalue weighted by molar-refractivity contribution is 7.15. The Hall–Kier alpha value is -1.63. The van der Waals surface area contributed by atoms with Gasteiger partial charge < -0.3 is 10.0 Å². The molecular formula is C10H13N3O3S. The molecule has 7 heteroatoms. The molecule has 0 saturated carbocycles. The van der Waals surface area contributed by atoms with E-state index in [1.807, 2.05) is 6.92 Å². The lowest BCUT2D eigenvalue weighted by Crippen LogP contribution is -2.52. The summed E-state index contributed by atoms with van der Waals surface area (Å²) in [5.41, 5.74) is 0. The minimum absolute atomic E-state index is 0.0799. The van der Waals surface area contributed by atoms with Gasteiger partial charge in [-0.3, -0.25) is 10.1 Å². The maximum absolute atomic E-state index is 11.7. The zero-order valence-electron chi connectivity index (χ0n) is 9.34. The fourth-order valence-corrected chi connectivity index (χ4v) is 2.35. The van der Waals surface area contributed by atoms with Gasteiger partial charge in [0.1, 0.15) is 0 Å². The lowest BCUT2D eigenvalue weighted by atomic mass is 9.97. The van der Waals surface area contributed by atoms with Crippen LogP contribution in [0.25, 0.3) is 0 Å². The van der Waals surface area contributed by atoms with E-state index in [4.69, 9.17) is 5.11 Å². The second-order valence-corrected chi connectivity index (χ2v) is 5.31. The summed E-state index contributed by atoms with van der Waals surface area (Å²) in [7, 11) is 0. The number of urea groups is 1. The monoisotopic (exact) mass is 255 g/mol. The average Bonchev–Trinajstić information content (AvgIpc) is 2.56. The minimum Gasteiger partial charge on any atom is -0.481 e. The number of rotatable bonds is 3. The quantitative estimate of drug-likeness (QED) is 0.855. The summed E-state index contributed by atoms with van der Waals surface area (Å²) in [6, 6.07) is -0.207. The van der Waals surface area contributed by atoms with E-state index in [0.717, 1.165) is 4.88 Å². The molecule has 0 aliphatic carbocycles. The third-order valence-electron chi connectivity index (χ3n) is 2.54. The molecule has 1 saturated heterocycles. The van der Waals surface area contributed by atoms with Gasteiger partial charge in [0, 0.05) is 30.1 Å². The number of hydrogen-bond acceptors (Lipinski definition) is 4. The summed E-state index contributed by atoms with van der Waals surface area (Å²) in [4.78, 5) is 28.8. The number of carbonyl (C=O) groups is 2. The summed E-state index contributed by atoms with van der Waals surface area (Å²) in [6.07, 6.45) is 1.82. The van der Waals surface area contributed by atoms with Crippen molar-refractivity contribution < 1.29 is 14.7 Å². The van der Waals surface area contributed by atoms with Crippen LogP contribution in [0.5, 0.6) is 0 Å². The molecule has 0 radical (unpaired) electrons. The molecule has 2 heterocycles. The van der Waals surface area contributed by atoms with Crippen LogP contribution in [-0.2, 0) is 4.79 Å². The molecule has 1 fully saturated rings. The van der Waals surface area contributed by atoms with Gasteiger partial charge in [0.15, 0.2) is 5.13 Å². The van der Waals surface area contributed by atoms with E-state index in [9.17, 15) is 9.59 Å². The van der Waals surface area contributed by atoms with Crippen LogP contribution >= 0.6 is 11.3 Å². The Bertz CT molecular complexity index is 440. The van der Waals surface area contributed by atoms with E-state index in [1.165, 1.54) is 11.3 Å². The first-order chi connectivity index (χ1) is 8.04. The van der Waals surface area contributed by atoms with Crippen molar-refractivity contribution in [1.29, 1.82) is 0 Å². The summed E-state index contributed by atoms with van der Waals surface area (Å²) in [5, 5.41) is 11.8. The number of thiazole rings is 1. The van der Waals surface area contributed by atoms with Gasteiger partial charge in [-0.1, -0.05) is 0 Å². The molecule has 1 aliphatic rings. The van der Waals surface area contributed by atoms with Gasteiger partial charge in [-0.15, -0.1) is 11.3 Å². The lowest BCUT2D eigenvalue weighted by Gasteiger charge is -2.38. The Morgan fingerprint density at radius 1 is 1.65 bits per heavy atom. The number of hydrogen-bond donors (Lipinski definition) is 2. The fourth-order valence-electron chi connectivity index (χ4n) is 1.69. The summed E-state index contributed by atoms with van der Waals surface area (Å²) < 4.78 is 0. The molecule has 1 aromatic heterocycles. The Labute approximate surface area is 102 Å². The van der Waals surface area contributed by atoms with Crippen LogP contribution in [-0.4, -0.2) is 40.1 Å². The third kappa shape index (κ3) is 2.94. The van der Waals surface area contributed by atoms with Crippen molar-refractivity contribution in [3.05, 3.63) is 11.1 Å². The third-order valence-corrected chi connectivity index (χ3v) is 3.37. The zero-order chi connectivity index (χ0) is 12.4. The van der Waals surface area contributed by atoms with Crippen molar-refractivity contribution in [2.75, 3.05) is 18.4 Å². The molecule has 2 rings (SSSR count). The molecule has 2 amide bonds. The number of carbonyl (C=O) groups excluding carboxylic acids is 1. The van der Waals surface area contributed by atoms with Crippen LogP contribution < -0.4 is 5.32 Å². The standard InChI is InChI=1S/C10H13N3O3S/c1-6-3-11-9(17-6)12-10(16)13-4-7(5-13)2-8(14)15/h3,7H,2,4-5H2,1H3,(H,14,15)(H,11,12,16). The number of aliphatic carboxylic acids is 1. The Morgan fingerprint density at radius 3 is 2.88 bits per heavy atom. The van der Waals surface area contributed by atoms with Gasteiger partial charge in [-0.05, 0) is 6.92 Å². The average molecular weight is 255 g/mol. The molecular weight excluding hydrogens is 242 g/mol. The Kier molecular flexibility index (Phi) is 3.28. The second kappa shape index (κ2) is 4.70. The molecule has 6 nitrogen and oxygen atoms in total. The molecule has 17 heavy (non-hydrogen) atoms. The van der Waals surface area contributed by atoms with Crippen molar-refractivity contribution in [3.63, 3.8) is 0 Å². The Balaban J connectivity index is 1.78. The van der Waals surface area contributed by atoms with Crippen LogP contribution in [0.4, 0.5) is 9.93 Å². The normalized spacial score (nSPS) is 15.5. The first-order valence-corrected chi connectivity index (χ1v) is 6.06. The lowest BCUT2D eigenvalue weighted by molar-refractivity contribution is -0.139. The van der Waals surface area contributed by atoms with E-state index in [-0.39, 0.29) is 18.4 Å². The molecule has 0 atom stereocenters. The number of likely N-dealkylation sites (tertiary alicyclic amines) is 1. The number of nitrogens with zero attached hydrogens (tertiary/aromatic N) is 2. The summed E-state index contributed by atoms with van der Waals surface area (Å²) in [6.45, 7) is 2.92. The SMILES string of the molecule is Cc1cnc(NC(=O)N2CC(CC(=O)O)C2)s1. The van der Waals surface area contributed by atoms with Crippen molar-refractivity contribution in [1.82, 2.24) is 9.88 Å². The van der Waals surface area contributed by atoms with Gasteiger partial charge in [-0.25, -0.2) is 9.78 Å². The molecule has 92 valence electrons. The second-order valence-electron chi connectivity index (χ2n) is 4.08. The number of carboxylic acids is 1. The topological polar surface area (TPSA) is 82.5 Å². The first-order valence-electron chi connectivity index (χ1n) is 5.24. The van der Waals surface area contributed by atoms with Gasteiger partial charge in [-0.2, -0.15) is 0 Å². The van der Waals surface area contributed by atoms with E-state index >= 15 is 0 Å². The van der Waals surface area contributed by atoms with Crippen LogP contribution in [0.2, 0.25) is 0 Å². The van der Waals surface area contributed by atoms with Crippen molar-refractivity contribution in [2.24, 2.45) is 5.92 Å². The molecule has 1 aromatic rings. The number of amides is 2. The number of carboxylic acid groups (broad SMARTS) is 1. The van der Waals surface area contributed by atoms with Gasteiger partial charge in [0.2, 0.25) is 0 Å². The highest BCUT2D eigenvalue weighted by Gasteiger charge is 2.32. The zero-order valence-corrected chi connectivity index (χ0v) is 10.2. The van der Waals surface area contributed by atoms with Gasteiger partial charge >= 0.3 is 12.0 Å². The largest absolute Gasteiger partial charge is 0.481 e. The van der Waals surface area contributed by atoms with Crippen LogP contribution in [0.3, 0.4) is 0 Å². The highest BCUT2D eigenvalue weighted by Crippen LogP contribution is 2.22. The van der Waals surface area contributed by atoms with Crippen molar-refractivity contribution in [3.8, 4) is 0 Å². The Morgan fingerprint density at radius 2 is 2.35 bits per heavy atom. The number of nitrogens with one attached hydrogen (secondary N) is 1. The van der Waals surface area contributed by atoms with E-state index in [0.29, 0.717) is 18.2 Å². The van der Waals surface area contributed by atoms with Crippen LogP contribution in [0.1, 0.15) is 11.3 Å². The minimum atomic E-state index is -0.814. The van der Waals surface area contributed by atoms with E-state index in [2.05, 4.69) is 10.3 Å². The molecule has 0 unspecified atom stereocenters. The van der Waals surface area contributed by atoms with Gasteiger partial charge in [0.05, 0.1) is 6.42 Å². The van der Waals surface area contributed by atoms with E-state index < -0.39 is 5.97 Å². The number of anilines is 1. The molecule has 0 aromatic carbocycles. The fraction of sp³-hybridized carbons (Fsp3) is 0.500. The maximum Gasteiger partial charge on any atom is 0.323 e. The highest BCUT2D eigenvalue weighted by atomic mass is 32.1. The summed E-state index contributed by atoms with van der Waals surface area (Å²) in [5.74, 6) is -0.734.